The molecule has 2 atom stereocenters. The molecule has 0 bridgehead atoms. The summed E-state index contributed by atoms with van der Waals surface area (Å²) in [6.45, 7) is -0.0851. The minimum Gasteiger partial charge on any atom is -0.386 e. The molecule has 0 radical (unpaired) electrons. The molecule has 6 nitrogen and oxygen atoms in total. The lowest BCUT2D eigenvalue weighted by Gasteiger charge is -2.23. The van der Waals surface area contributed by atoms with Gasteiger partial charge in [-0.2, -0.15) is 4.31 Å². The smallest absolute Gasteiger partial charge is 0.253 e. The van der Waals surface area contributed by atoms with E-state index in [1.54, 1.807) is 11.4 Å². The zero-order chi connectivity index (χ0) is 19.6. The van der Waals surface area contributed by atoms with Crippen molar-refractivity contribution >= 4 is 27.3 Å². The summed E-state index contributed by atoms with van der Waals surface area (Å²) in [5.41, 5.74) is -0.147. The van der Waals surface area contributed by atoms with Crippen molar-refractivity contribution in [2.24, 2.45) is 0 Å². The predicted molar refractivity (Wildman–Crippen MR) is 95.6 cm³/mol. The zero-order valence-corrected chi connectivity index (χ0v) is 15.8. The number of amides is 1. The standard InChI is InChI=1S/C17H18F2N2O4S2/c18-11-5-6-12(13(19)9-11)15(22)10-20-17(23)14-3-1-7-21(14)27(24,25)16-4-2-8-26-16/h2,4-6,8-9,14-15,22H,1,3,7,10H2,(H,20,23). The van der Waals surface area contributed by atoms with Crippen molar-refractivity contribution < 1.29 is 27.1 Å². The molecule has 3 rings (SSSR count). The van der Waals surface area contributed by atoms with E-state index < -0.39 is 39.7 Å². The molecular weight excluding hydrogens is 398 g/mol. The number of carbonyl (C=O) groups is 1. The lowest BCUT2D eigenvalue weighted by molar-refractivity contribution is -0.124. The largest absolute Gasteiger partial charge is 0.386 e. The zero-order valence-electron chi connectivity index (χ0n) is 14.1. The van der Waals surface area contributed by atoms with E-state index in [4.69, 9.17) is 0 Å². The Kier molecular flexibility index (Phi) is 5.89. The second-order valence-corrected chi connectivity index (χ2v) is 9.20. The molecule has 0 aliphatic carbocycles. The first-order valence-corrected chi connectivity index (χ1v) is 10.6. The van der Waals surface area contributed by atoms with Crippen LogP contribution in [0, 0.1) is 11.6 Å². The Morgan fingerprint density at radius 1 is 1.37 bits per heavy atom. The van der Waals surface area contributed by atoms with E-state index in [-0.39, 0.29) is 22.9 Å². The highest BCUT2D eigenvalue weighted by atomic mass is 32.2. The summed E-state index contributed by atoms with van der Waals surface area (Å²) in [6.07, 6.45) is -0.478. The summed E-state index contributed by atoms with van der Waals surface area (Å²) in [5, 5.41) is 14.2. The van der Waals surface area contributed by atoms with E-state index >= 15 is 0 Å². The van der Waals surface area contributed by atoms with Crippen molar-refractivity contribution in [2.45, 2.75) is 29.2 Å². The number of hydrogen-bond acceptors (Lipinski definition) is 5. The number of aliphatic hydroxyl groups is 1. The molecule has 1 fully saturated rings. The van der Waals surface area contributed by atoms with E-state index in [9.17, 15) is 27.1 Å². The van der Waals surface area contributed by atoms with Gasteiger partial charge in [0.1, 0.15) is 21.9 Å². The topological polar surface area (TPSA) is 86.7 Å². The third kappa shape index (κ3) is 4.18. The van der Waals surface area contributed by atoms with Gasteiger partial charge >= 0.3 is 0 Å². The average molecular weight is 416 g/mol. The van der Waals surface area contributed by atoms with E-state index in [1.165, 1.54) is 6.07 Å². The van der Waals surface area contributed by atoms with Gasteiger partial charge < -0.3 is 10.4 Å². The third-order valence-electron chi connectivity index (χ3n) is 4.36. The molecule has 2 heterocycles. The Morgan fingerprint density at radius 2 is 2.15 bits per heavy atom. The van der Waals surface area contributed by atoms with Gasteiger partial charge in [0.2, 0.25) is 5.91 Å². The Labute approximate surface area is 159 Å². The van der Waals surface area contributed by atoms with Gasteiger partial charge in [-0.3, -0.25) is 4.79 Å². The number of hydrogen-bond donors (Lipinski definition) is 2. The van der Waals surface area contributed by atoms with Crippen LogP contribution in [0.5, 0.6) is 0 Å². The maximum absolute atomic E-state index is 13.7. The minimum atomic E-state index is -3.76. The fraction of sp³-hybridized carbons (Fsp3) is 0.353. The minimum absolute atomic E-state index is 0.147. The first-order chi connectivity index (χ1) is 12.8. The molecule has 0 spiro atoms. The summed E-state index contributed by atoms with van der Waals surface area (Å²) in [7, 11) is -3.76. The quantitative estimate of drug-likeness (QED) is 0.755. The van der Waals surface area contributed by atoms with E-state index in [2.05, 4.69) is 5.32 Å². The van der Waals surface area contributed by atoms with Crippen molar-refractivity contribution in [2.75, 3.05) is 13.1 Å². The van der Waals surface area contributed by atoms with Crippen LogP contribution in [0.4, 0.5) is 8.78 Å². The summed E-state index contributed by atoms with van der Waals surface area (Å²) in [6, 6.07) is 4.97. The van der Waals surface area contributed by atoms with Crippen molar-refractivity contribution in [1.29, 1.82) is 0 Å². The summed E-state index contributed by atoms with van der Waals surface area (Å²) in [4.78, 5) is 12.5. The number of sulfonamides is 1. The average Bonchev–Trinajstić information content (AvgIpc) is 3.31. The van der Waals surface area contributed by atoms with Crippen molar-refractivity contribution in [3.05, 3.63) is 52.9 Å². The van der Waals surface area contributed by atoms with Gasteiger partial charge in [-0.05, 0) is 30.4 Å². The molecule has 1 aliphatic heterocycles. The molecule has 1 saturated heterocycles. The summed E-state index contributed by atoms with van der Waals surface area (Å²) >= 11 is 1.08. The molecular formula is C17H18F2N2O4S2. The van der Waals surface area contributed by atoms with Crippen LogP contribution in [-0.4, -0.2) is 42.9 Å². The Balaban J connectivity index is 1.66. The highest BCUT2D eigenvalue weighted by Gasteiger charge is 2.39. The van der Waals surface area contributed by atoms with Gasteiger partial charge in [-0.1, -0.05) is 12.1 Å². The molecule has 1 aliphatic rings. The van der Waals surface area contributed by atoms with Crippen LogP contribution in [0.15, 0.2) is 39.9 Å². The fourth-order valence-electron chi connectivity index (χ4n) is 3.01. The maximum atomic E-state index is 13.7. The van der Waals surface area contributed by atoms with Gasteiger partial charge in [0.25, 0.3) is 10.0 Å². The second kappa shape index (κ2) is 8.01. The third-order valence-corrected chi connectivity index (χ3v) is 7.64. The molecule has 10 heteroatoms. The Bertz CT molecular complexity index is 919. The summed E-state index contributed by atoms with van der Waals surface area (Å²) in [5.74, 6) is -2.25. The highest BCUT2D eigenvalue weighted by Crippen LogP contribution is 2.28. The number of halogens is 2. The number of carbonyl (C=O) groups excluding carboxylic acids is 1. The lowest BCUT2D eigenvalue weighted by atomic mass is 10.1. The number of benzene rings is 1. The number of aliphatic hydroxyl groups excluding tert-OH is 1. The molecule has 2 N–H and O–H groups in total. The molecule has 2 aromatic rings. The summed E-state index contributed by atoms with van der Waals surface area (Å²) < 4.78 is 53.3. The van der Waals surface area contributed by atoms with Gasteiger partial charge in [0.15, 0.2) is 0 Å². The molecule has 1 amide bonds. The van der Waals surface area contributed by atoms with Gasteiger partial charge in [-0.15, -0.1) is 11.3 Å². The monoisotopic (exact) mass is 416 g/mol. The number of nitrogens with zero attached hydrogens (tertiary/aromatic N) is 1. The molecule has 146 valence electrons. The normalized spacial score (nSPS) is 19.1. The van der Waals surface area contributed by atoms with E-state index in [0.29, 0.717) is 18.9 Å². The molecule has 1 aromatic carbocycles. The van der Waals surface area contributed by atoms with Crippen molar-refractivity contribution in [1.82, 2.24) is 9.62 Å². The van der Waals surface area contributed by atoms with Crippen LogP contribution in [0.3, 0.4) is 0 Å². The highest BCUT2D eigenvalue weighted by molar-refractivity contribution is 7.91. The van der Waals surface area contributed by atoms with Crippen molar-refractivity contribution in [3.63, 3.8) is 0 Å². The predicted octanol–water partition coefficient (Wildman–Crippen LogP) is 2.03. The Hall–Kier alpha value is -1.88. The second-order valence-electron chi connectivity index (χ2n) is 6.13. The first kappa shape index (κ1) is 19.9. The van der Waals surface area contributed by atoms with Crippen LogP contribution < -0.4 is 5.32 Å². The van der Waals surface area contributed by atoms with Crippen LogP contribution >= 0.6 is 11.3 Å². The number of thiophene rings is 1. The Morgan fingerprint density at radius 3 is 2.81 bits per heavy atom. The van der Waals surface area contributed by atoms with Crippen LogP contribution in [0.2, 0.25) is 0 Å². The van der Waals surface area contributed by atoms with Gasteiger partial charge in [-0.25, -0.2) is 17.2 Å². The fourth-order valence-corrected chi connectivity index (χ4v) is 5.79. The molecule has 2 unspecified atom stereocenters. The van der Waals surface area contributed by atoms with Gasteiger partial charge in [0, 0.05) is 24.7 Å². The van der Waals surface area contributed by atoms with Gasteiger partial charge in [0.05, 0.1) is 6.10 Å². The number of rotatable bonds is 6. The molecule has 1 aromatic heterocycles. The van der Waals surface area contributed by atoms with Crippen LogP contribution in [-0.2, 0) is 14.8 Å². The number of nitrogens with one attached hydrogen (secondary N) is 1. The van der Waals surface area contributed by atoms with Crippen LogP contribution in [0.1, 0.15) is 24.5 Å². The SMILES string of the molecule is O=C(NCC(O)c1ccc(F)cc1F)C1CCCN1S(=O)(=O)c1cccs1. The van der Waals surface area contributed by atoms with E-state index in [1.807, 2.05) is 0 Å². The van der Waals surface area contributed by atoms with Crippen molar-refractivity contribution in [3.8, 4) is 0 Å². The van der Waals surface area contributed by atoms with Crippen LogP contribution in [0.25, 0.3) is 0 Å². The maximum Gasteiger partial charge on any atom is 0.253 e. The molecule has 0 saturated carbocycles. The molecule has 27 heavy (non-hydrogen) atoms. The first-order valence-electron chi connectivity index (χ1n) is 8.27. The lowest BCUT2D eigenvalue weighted by Crippen LogP contribution is -2.46. The van der Waals surface area contributed by atoms with E-state index in [0.717, 1.165) is 27.8 Å².